The molecule has 1 spiro atoms. The molecule has 2 aromatic rings. The summed E-state index contributed by atoms with van der Waals surface area (Å²) in [5.74, 6) is 2.17. The highest BCUT2D eigenvalue weighted by atomic mass is 16.5. The van der Waals surface area contributed by atoms with E-state index in [0.717, 1.165) is 30.9 Å². The highest BCUT2D eigenvalue weighted by molar-refractivity contribution is 5.59. The van der Waals surface area contributed by atoms with E-state index >= 15 is 0 Å². The average Bonchev–Trinajstić information content (AvgIpc) is 3.36. The van der Waals surface area contributed by atoms with Crippen molar-refractivity contribution in [2.75, 3.05) is 26.8 Å². The first-order valence-electron chi connectivity index (χ1n) is 13.2. The van der Waals surface area contributed by atoms with Gasteiger partial charge in [-0.15, -0.1) is 0 Å². The SMILES string of the molecule is COC1[C@@H]2Oc3c(O)ccc(C)c3C23CCN(CC2CC2)C(C)C3C[C@]1(C)COCc1ccoc1. The van der Waals surface area contributed by atoms with Crippen LogP contribution in [0.4, 0.5) is 0 Å². The average molecular weight is 482 g/mol. The Morgan fingerprint density at radius 2 is 2.06 bits per heavy atom. The molecule has 6 heteroatoms. The van der Waals surface area contributed by atoms with Gasteiger partial charge in [0, 0.05) is 41.7 Å². The third-order valence-corrected chi connectivity index (χ3v) is 9.57. The minimum Gasteiger partial charge on any atom is -0.504 e. The van der Waals surface area contributed by atoms with E-state index in [1.54, 1.807) is 25.7 Å². The first kappa shape index (κ1) is 23.4. The molecular weight excluding hydrogens is 442 g/mol. The summed E-state index contributed by atoms with van der Waals surface area (Å²) in [7, 11) is 1.80. The second-order valence-electron chi connectivity index (χ2n) is 11.9. The van der Waals surface area contributed by atoms with Gasteiger partial charge in [0.2, 0.25) is 0 Å². The lowest BCUT2D eigenvalue weighted by Crippen LogP contribution is -2.69. The first-order valence-corrected chi connectivity index (χ1v) is 13.2. The number of nitrogens with zero attached hydrogens (tertiary/aromatic N) is 1. The quantitative estimate of drug-likeness (QED) is 0.597. The number of hydrogen-bond acceptors (Lipinski definition) is 6. The van der Waals surface area contributed by atoms with Crippen LogP contribution < -0.4 is 4.74 Å². The molecule has 2 aliphatic heterocycles. The number of piperidine rings is 1. The molecule has 0 amide bonds. The van der Waals surface area contributed by atoms with Crippen LogP contribution in [0, 0.1) is 24.2 Å². The fraction of sp³-hybridized carbons (Fsp3) is 0.655. The maximum Gasteiger partial charge on any atom is 0.165 e. The van der Waals surface area contributed by atoms with E-state index in [4.69, 9.17) is 18.6 Å². The number of aromatic hydroxyl groups is 1. The number of benzene rings is 1. The van der Waals surface area contributed by atoms with Gasteiger partial charge in [-0.3, -0.25) is 0 Å². The van der Waals surface area contributed by atoms with Gasteiger partial charge in [0.15, 0.2) is 11.5 Å². The minimum atomic E-state index is -0.222. The normalized spacial score (nSPS) is 36.3. The zero-order chi connectivity index (χ0) is 24.4. The van der Waals surface area contributed by atoms with Crippen LogP contribution in [-0.2, 0) is 21.5 Å². The van der Waals surface area contributed by atoms with Gasteiger partial charge >= 0.3 is 0 Å². The Kier molecular flexibility index (Phi) is 5.70. The number of phenols is 1. The monoisotopic (exact) mass is 481 g/mol. The molecule has 2 saturated carbocycles. The standard InChI is InChI=1S/C29H39NO5/c1-18-5-8-23(31)25-24(18)29-10-11-30(14-20-6-7-20)19(2)22(29)13-28(3,26(32-4)27(29)35-25)17-34-16-21-9-12-33-15-21/h5,8-9,12,15,19-20,22,26-27,31H,6-7,10-11,13-14,16-17H2,1-4H3/t19?,22?,26?,27-,28+,29?/m0/s1. The van der Waals surface area contributed by atoms with Gasteiger partial charge in [0.1, 0.15) is 12.2 Å². The van der Waals surface area contributed by atoms with Crippen LogP contribution in [0.5, 0.6) is 11.5 Å². The number of rotatable bonds is 7. The van der Waals surface area contributed by atoms with E-state index in [1.807, 2.05) is 6.07 Å². The van der Waals surface area contributed by atoms with Gasteiger partial charge < -0.3 is 28.6 Å². The molecule has 2 aliphatic carbocycles. The van der Waals surface area contributed by atoms with Crippen LogP contribution in [0.15, 0.2) is 35.1 Å². The van der Waals surface area contributed by atoms with E-state index < -0.39 is 0 Å². The van der Waals surface area contributed by atoms with Crippen molar-refractivity contribution in [1.29, 1.82) is 0 Å². The van der Waals surface area contributed by atoms with Crippen molar-refractivity contribution in [3.8, 4) is 11.5 Å². The summed E-state index contributed by atoms with van der Waals surface area (Å²) in [6.07, 6.45) is 7.89. The Bertz CT molecular complexity index is 1070. The van der Waals surface area contributed by atoms with Gasteiger partial charge in [0.05, 0.1) is 25.7 Å². The summed E-state index contributed by atoms with van der Waals surface area (Å²) >= 11 is 0. The van der Waals surface area contributed by atoms with Crippen molar-refractivity contribution in [2.24, 2.45) is 17.3 Å². The maximum atomic E-state index is 10.9. The Hall–Kier alpha value is -2.02. The molecule has 1 aromatic heterocycles. The molecule has 1 aromatic carbocycles. The molecule has 6 rings (SSSR count). The molecule has 3 heterocycles. The Morgan fingerprint density at radius 1 is 1.23 bits per heavy atom. The summed E-state index contributed by atoms with van der Waals surface area (Å²) < 4.78 is 24.5. The van der Waals surface area contributed by atoms with Gasteiger partial charge in [-0.05, 0) is 75.6 Å². The van der Waals surface area contributed by atoms with Crippen molar-refractivity contribution < 1.29 is 23.7 Å². The lowest BCUT2D eigenvalue weighted by molar-refractivity contribution is -0.185. The highest BCUT2D eigenvalue weighted by Crippen LogP contribution is 2.64. The first-order chi connectivity index (χ1) is 16.9. The number of aryl methyl sites for hydroxylation is 1. The predicted molar refractivity (Wildman–Crippen MR) is 133 cm³/mol. The molecule has 4 unspecified atom stereocenters. The van der Waals surface area contributed by atoms with Gasteiger partial charge in [-0.1, -0.05) is 13.0 Å². The van der Waals surface area contributed by atoms with Crippen molar-refractivity contribution in [1.82, 2.24) is 4.90 Å². The van der Waals surface area contributed by atoms with E-state index in [-0.39, 0.29) is 28.8 Å². The summed E-state index contributed by atoms with van der Waals surface area (Å²) in [5.41, 5.74) is 3.08. The smallest absolute Gasteiger partial charge is 0.165 e. The number of furan rings is 1. The number of likely N-dealkylation sites (tertiary alicyclic amines) is 1. The molecule has 3 fully saturated rings. The topological polar surface area (TPSA) is 64.3 Å². The van der Waals surface area contributed by atoms with Crippen LogP contribution in [-0.4, -0.2) is 55.1 Å². The third kappa shape index (κ3) is 3.63. The van der Waals surface area contributed by atoms with E-state index in [1.165, 1.54) is 30.5 Å². The van der Waals surface area contributed by atoms with Crippen molar-refractivity contribution in [3.63, 3.8) is 0 Å². The molecule has 6 atom stereocenters. The van der Waals surface area contributed by atoms with Crippen LogP contribution in [0.2, 0.25) is 0 Å². The van der Waals surface area contributed by atoms with Crippen LogP contribution in [0.3, 0.4) is 0 Å². The minimum absolute atomic E-state index is 0.142. The summed E-state index contributed by atoms with van der Waals surface area (Å²) in [6, 6.07) is 6.20. The molecule has 1 N–H and O–H groups in total. The van der Waals surface area contributed by atoms with Gasteiger partial charge in [-0.2, -0.15) is 0 Å². The molecule has 190 valence electrons. The molecular formula is C29H39NO5. The van der Waals surface area contributed by atoms with Crippen molar-refractivity contribution >= 4 is 0 Å². The zero-order valence-electron chi connectivity index (χ0n) is 21.5. The number of phenolic OH excluding ortho intramolecular Hbond substituents is 1. The predicted octanol–water partition coefficient (Wildman–Crippen LogP) is 5.05. The second-order valence-corrected chi connectivity index (χ2v) is 11.9. The van der Waals surface area contributed by atoms with Gasteiger partial charge in [-0.25, -0.2) is 0 Å². The van der Waals surface area contributed by atoms with E-state index in [0.29, 0.717) is 30.9 Å². The number of hydrogen-bond donors (Lipinski definition) is 1. The Labute approximate surface area is 208 Å². The van der Waals surface area contributed by atoms with Crippen LogP contribution in [0.1, 0.15) is 56.2 Å². The number of methoxy groups -OCH3 is 1. The second kappa shape index (κ2) is 8.53. The lowest BCUT2D eigenvalue weighted by atomic mass is 9.49. The molecule has 4 aliphatic rings. The van der Waals surface area contributed by atoms with Crippen molar-refractivity contribution in [2.45, 2.75) is 76.7 Å². The molecule has 6 nitrogen and oxygen atoms in total. The summed E-state index contributed by atoms with van der Waals surface area (Å²) in [6.45, 7) is 10.3. The zero-order valence-corrected chi connectivity index (χ0v) is 21.5. The highest BCUT2D eigenvalue weighted by Gasteiger charge is 2.68. The third-order valence-electron chi connectivity index (χ3n) is 9.57. The van der Waals surface area contributed by atoms with Crippen LogP contribution in [0.25, 0.3) is 0 Å². The molecule has 1 saturated heterocycles. The Balaban J connectivity index is 1.38. The van der Waals surface area contributed by atoms with Gasteiger partial charge in [0.25, 0.3) is 0 Å². The summed E-state index contributed by atoms with van der Waals surface area (Å²) in [4.78, 5) is 2.72. The maximum absolute atomic E-state index is 10.9. The largest absolute Gasteiger partial charge is 0.504 e. The van der Waals surface area contributed by atoms with Crippen molar-refractivity contribution in [3.05, 3.63) is 47.4 Å². The number of fused-ring (bicyclic) bond motifs is 1. The lowest BCUT2D eigenvalue weighted by Gasteiger charge is -2.60. The Morgan fingerprint density at radius 3 is 2.77 bits per heavy atom. The molecule has 0 bridgehead atoms. The molecule has 0 radical (unpaired) electrons. The fourth-order valence-electron chi connectivity index (χ4n) is 7.69. The number of ether oxygens (including phenoxy) is 3. The molecule has 35 heavy (non-hydrogen) atoms. The fourth-order valence-corrected chi connectivity index (χ4v) is 7.69. The van der Waals surface area contributed by atoms with E-state index in [9.17, 15) is 5.11 Å². The summed E-state index contributed by atoms with van der Waals surface area (Å²) in [5, 5.41) is 10.9. The van der Waals surface area contributed by atoms with E-state index in [2.05, 4.69) is 31.7 Å². The van der Waals surface area contributed by atoms with Crippen LogP contribution >= 0.6 is 0 Å².